The lowest BCUT2D eigenvalue weighted by Crippen LogP contribution is -2.18. The quantitative estimate of drug-likeness (QED) is 0.187. The van der Waals surface area contributed by atoms with Crippen molar-refractivity contribution in [3.63, 3.8) is 0 Å². The molecule has 0 saturated carbocycles. The number of thiophene rings is 1. The molecule has 6 aromatic rings. The van der Waals surface area contributed by atoms with E-state index in [1.54, 1.807) is 36.1 Å². The summed E-state index contributed by atoms with van der Waals surface area (Å²) in [7, 11) is 0. The zero-order valence-corrected chi connectivity index (χ0v) is 21.3. The minimum atomic E-state index is -0.608. The number of aromatic amines is 2. The van der Waals surface area contributed by atoms with Gasteiger partial charge in [-0.15, -0.1) is 11.3 Å². The SMILES string of the molecule is CCCCC(O)Nc1cncc(-c2cnc3n[nH]c(-c4nc5c(-c6ccc(C)s6)cncc5[nH]4)c3c2)c1. The van der Waals surface area contributed by atoms with E-state index in [2.05, 4.69) is 61.4 Å². The van der Waals surface area contributed by atoms with Crippen LogP contribution in [0.1, 0.15) is 31.1 Å². The van der Waals surface area contributed by atoms with Gasteiger partial charge in [0.05, 0.1) is 29.0 Å². The van der Waals surface area contributed by atoms with Crippen LogP contribution in [-0.2, 0) is 0 Å². The third-order valence-corrected chi connectivity index (χ3v) is 7.32. The number of aliphatic hydroxyl groups is 1. The van der Waals surface area contributed by atoms with Crippen molar-refractivity contribution in [3.8, 4) is 33.1 Å². The number of nitrogens with zero attached hydrogens (tertiary/aromatic N) is 5. The number of rotatable bonds is 8. The predicted molar refractivity (Wildman–Crippen MR) is 147 cm³/mol. The van der Waals surface area contributed by atoms with Gasteiger partial charge in [0.1, 0.15) is 17.4 Å². The maximum Gasteiger partial charge on any atom is 0.181 e. The second-order valence-corrected chi connectivity index (χ2v) is 10.3. The molecule has 10 heteroatoms. The number of H-pyrrole nitrogens is 2. The topological polar surface area (TPSA) is 128 Å². The Hall–Kier alpha value is -4.15. The minimum Gasteiger partial charge on any atom is -0.374 e. The molecular weight excluding hydrogens is 484 g/mol. The van der Waals surface area contributed by atoms with Crippen LogP contribution >= 0.6 is 11.3 Å². The van der Waals surface area contributed by atoms with E-state index in [9.17, 15) is 5.11 Å². The summed E-state index contributed by atoms with van der Waals surface area (Å²) in [5, 5.41) is 21.7. The largest absolute Gasteiger partial charge is 0.374 e. The van der Waals surface area contributed by atoms with Gasteiger partial charge in [-0.05, 0) is 44.0 Å². The Morgan fingerprint density at radius 2 is 1.92 bits per heavy atom. The molecule has 0 aliphatic carbocycles. The number of anilines is 1. The molecule has 186 valence electrons. The van der Waals surface area contributed by atoms with Crippen molar-refractivity contribution in [3.05, 3.63) is 60.1 Å². The van der Waals surface area contributed by atoms with Crippen LogP contribution in [0.15, 0.2) is 55.2 Å². The molecule has 0 aliphatic rings. The molecule has 0 aromatic carbocycles. The summed E-state index contributed by atoms with van der Waals surface area (Å²) in [6, 6.07) is 8.21. The summed E-state index contributed by atoms with van der Waals surface area (Å²) >= 11 is 1.72. The number of aromatic nitrogens is 7. The van der Waals surface area contributed by atoms with Crippen LogP contribution < -0.4 is 5.32 Å². The van der Waals surface area contributed by atoms with E-state index in [1.165, 1.54) is 4.88 Å². The lowest BCUT2D eigenvalue weighted by atomic mass is 10.1. The first-order valence-corrected chi connectivity index (χ1v) is 13.1. The Bertz CT molecular complexity index is 1700. The molecule has 37 heavy (non-hydrogen) atoms. The lowest BCUT2D eigenvalue weighted by molar-refractivity contribution is 0.190. The van der Waals surface area contributed by atoms with Gasteiger partial charge in [0.25, 0.3) is 0 Å². The predicted octanol–water partition coefficient (Wildman–Crippen LogP) is 5.92. The molecule has 0 amide bonds. The third kappa shape index (κ3) is 4.56. The summed E-state index contributed by atoms with van der Waals surface area (Å²) < 4.78 is 0. The normalized spacial score (nSPS) is 12.4. The molecule has 6 rings (SSSR count). The van der Waals surface area contributed by atoms with Crippen LogP contribution in [0.5, 0.6) is 0 Å². The second-order valence-electron chi connectivity index (χ2n) is 9.04. The first-order valence-electron chi connectivity index (χ1n) is 12.2. The van der Waals surface area contributed by atoms with Crippen molar-refractivity contribution in [2.45, 2.75) is 39.3 Å². The average molecular weight is 511 g/mol. The Morgan fingerprint density at radius 1 is 1.05 bits per heavy atom. The van der Waals surface area contributed by atoms with Gasteiger partial charge < -0.3 is 15.4 Å². The van der Waals surface area contributed by atoms with Crippen LogP contribution in [0.25, 0.3) is 55.2 Å². The maximum absolute atomic E-state index is 10.2. The number of pyridine rings is 3. The van der Waals surface area contributed by atoms with Gasteiger partial charge in [0.15, 0.2) is 11.5 Å². The second kappa shape index (κ2) is 9.72. The van der Waals surface area contributed by atoms with Crippen molar-refractivity contribution in [1.82, 2.24) is 35.1 Å². The van der Waals surface area contributed by atoms with Gasteiger partial charge in [0, 0.05) is 45.0 Å². The number of aryl methyl sites for hydroxylation is 1. The highest BCUT2D eigenvalue weighted by molar-refractivity contribution is 7.15. The highest BCUT2D eigenvalue weighted by Crippen LogP contribution is 2.34. The van der Waals surface area contributed by atoms with Crippen LogP contribution in [0.3, 0.4) is 0 Å². The Kier molecular flexibility index (Phi) is 6.11. The smallest absolute Gasteiger partial charge is 0.181 e. The number of hydrogen-bond donors (Lipinski definition) is 4. The highest BCUT2D eigenvalue weighted by Gasteiger charge is 2.17. The molecule has 0 aliphatic heterocycles. The highest BCUT2D eigenvalue weighted by atomic mass is 32.1. The fourth-order valence-corrected chi connectivity index (χ4v) is 5.27. The summed E-state index contributed by atoms with van der Waals surface area (Å²) in [6.45, 7) is 4.20. The zero-order valence-electron chi connectivity index (χ0n) is 20.5. The third-order valence-electron chi connectivity index (χ3n) is 6.28. The molecule has 0 fully saturated rings. The molecule has 6 heterocycles. The molecule has 0 bridgehead atoms. The van der Waals surface area contributed by atoms with Gasteiger partial charge in [-0.2, -0.15) is 5.10 Å². The van der Waals surface area contributed by atoms with E-state index < -0.39 is 6.23 Å². The van der Waals surface area contributed by atoms with E-state index in [1.807, 2.05) is 18.3 Å². The Morgan fingerprint density at radius 3 is 2.76 bits per heavy atom. The van der Waals surface area contributed by atoms with Crippen molar-refractivity contribution in [2.75, 3.05) is 5.32 Å². The molecule has 0 radical (unpaired) electrons. The summed E-state index contributed by atoms with van der Waals surface area (Å²) in [6.07, 6.45) is 11.0. The van der Waals surface area contributed by atoms with Gasteiger partial charge in [-0.1, -0.05) is 13.3 Å². The Labute approximate surface area is 217 Å². The van der Waals surface area contributed by atoms with E-state index in [4.69, 9.17) is 4.98 Å². The summed E-state index contributed by atoms with van der Waals surface area (Å²) in [5.41, 5.74) is 6.61. The summed E-state index contributed by atoms with van der Waals surface area (Å²) in [5.74, 6) is 0.673. The number of aliphatic hydroxyl groups excluding tert-OH is 1. The van der Waals surface area contributed by atoms with E-state index in [0.29, 0.717) is 17.9 Å². The van der Waals surface area contributed by atoms with E-state index in [0.717, 1.165) is 62.2 Å². The van der Waals surface area contributed by atoms with Crippen molar-refractivity contribution in [2.24, 2.45) is 0 Å². The fourth-order valence-electron chi connectivity index (χ4n) is 4.39. The standard InChI is InChI=1S/C27H26N8OS/c1-3-4-5-23(36)31-18-8-16(10-28-12-18)17-9-19-25(34-35-26(19)30-11-17)27-32-21-14-29-13-20(24(21)33-27)22-7-6-15(2)37-22/h6-14,23,31,36H,3-5H2,1-2H3,(H,32,33)(H,30,34,35). The van der Waals surface area contributed by atoms with Crippen LogP contribution in [-0.4, -0.2) is 46.5 Å². The molecule has 6 aromatic heterocycles. The van der Waals surface area contributed by atoms with Gasteiger partial charge in [0.2, 0.25) is 0 Å². The van der Waals surface area contributed by atoms with Gasteiger partial charge in [-0.3, -0.25) is 15.1 Å². The first kappa shape index (κ1) is 23.3. The van der Waals surface area contributed by atoms with Crippen molar-refractivity contribution >= 4 is 39.1 Å². The van der Waals surface area contributed by atoms with Gasteiger partial charge >= 0.3 is 0 Å². The zero-order chi connectivity index (χ0) is 25.4. The number of unbranched alkanes of at least 4 members (excludes halogenated alkanes) is 1. The fraction of sp³-hybridized carbons (Fsp3) is 0.222. The average Bonchev–Trinajstić information content (AvgIpc) is 3.64. The van der Waals surface area contributed by atoms with Crippen LogP contribution in [0.4, 0.5) is 5.69 Å². The van der Waals surface area contributed by atoms with Crippen molar-refractivity contribution < 1.29 is 5.11 Å². The van der Waals surface area contributed by atoms with Crippen molar-refractivity contribution in [1.29, 1.82) is 0 Å². The van der Waals surface area contributed by atoms with E-state index in [-0.39, 0.29) is 0 Å². The monoisotopic (exact) mass is 510 g/mol. The molecule has 4 N–H and O–H groups in total. The first-order chi connectivity index (χ1) is 18.1. The molecular formula is C27H26N8OS. The number of fused-ring (bicyclic) bond motifs is 2. The van der Waals surface area contributed by atoms with Gasteiger partial charge in [-0.25, -0.2) is 9.97 Å². The number of nitrogens with one attached hydrogen (secondary N) is 3. The molecule has 1 atom stereocenters. The lowest BCUT2D eigenvalue weighted by Gasteiger charge is -2.14. The van der Waals surface area contributed by atoms with Crippen LogP contribution in [0, 0.1) is 6.92 Å². The van der Waals surface area contributed by atoms with Crippen LogP contribution in [0.2, 0.25) is 0 Å². The molecule has 9 nitrogen and oxygen atoms in total. The molecule has 0 saturated heterocycles. The minimum absolute atomic E-state index is 0.601. The maximum atomic E-state index is 10.2. The molecule has 1 unspecified atom stereocenters. The summed E-state index contributed by atoms with van der Waals surface area (Å²) in [4.78, 5) is 24.0. The number of imidazole rings is 1. The number of hydrogen-bond acceptors (Lipinski definition) is 8. The Balaban J connectivity index is 1.36. The molecule has 0 spiro atoms. The van der Waals surface area contributed by atoms with E-state index >= 15 is 0 Å².